The summed E-state index contributed by atoms with van der Waals surface area (Å²) in [5.41, 5.74) is 3.66. The molecular formula is C30H35B4N3O12. The molecule has 2 rings (SSSR count). The van der Waals surface area contributed by atoms with Gasteiger partial charge in [-0.1, -0.05) is 17.7 Å². The highest BCUT2D eigenvalue weighted by Crippen LogP contribution is 2.29. The maximum Gasteiger partial charge on any atom is 0.415 e. The van der Waals surface area contributed by atoms with Crippen LogP contribution in [0.15, 0.2) is 24.3 Å². The minimum Gasteiger partial charge on any atom is -0.470 e. The third-order valence-electron chi connectivity index (χ3n) is 6.13. The second-order valence-electron chi connectivity index (χ2n) is 10.4. The lowest BCUT2D eigenvalue weighted by atomic mass is 10.0. The highest BCUT2D eigenvalue weighted by molar-refractivity contribution is 6.55. The van der Waals surface area contributed by atoms with Crippen molar-refractivity contribution in [2.75, 3.05) is 46.7 Å². The number of anilines is 1. The van der Waals surface area contributed by atoms with Crippen molar-refractivity contribution in [1.29, 1.82) is 0 Å². The van der Waals surface area contributed by atoms with E-state index in [0.29, 0.717) is 53.0 Å². The molecule has 0 bridgehead atoms. The van der Waals surface area contributed by atoms with Gasteiger partial charge in [0.2, 0.25) is 61.3 Å². The molecule has 49 heavy (non-hydrogen) atoms. The number of carbonyl (C=O) groups excluding carboxylic acids is 6. The smallest absolute Gasteiger partial charge is 0.415 e. The first-order chi connectivity index (χ1) is 23.1. The van der Waals surface area contributed by atoms with E-state index in [0.717, 1.165) is 5.56 Å². The molecule has 0 spiro atoms. The number of amides is 2. The van der Waals surface area contributed by atoms with Gasteiger partial charge in [-0.2, -0.15) is 0 Å². The number of rotatable bonds is 16. The van der Waals surface area contributed by atoms with Gasteiger partial charge >= 0.3 is 6.09 Å². The number of aryl methyl sites for hydroxylation is 1. The monoisotopic (exact) mass is 673 g/mol. The van der Waals surface area contributed by atoms with Gasteiger partial charge in [0.15, 0.2) is 0 Å². The second-order valence-corrected chi connectivity index (χ2v) is 10.4. The number of hydrogen-bond donors (Lipinski definition) is 1. The van der Waals surface area contributed by atoms with E-state index in [2.05, 4.69) is 5.32 Å². The number of hydrogen-bond acceptors (Lipinski definition) is 13. The van der Waals surface area contributed by atoms with E-state index >= 15 is 0 Å². The van der Waals surface area contributed by atoms with Crippen molar-refractivity contribution < 1.29 is 57.2 Å². The van der Waals surface area contributed by atoms with E-state index in [4.69, 9.17) is 59.8 Å². The summed E-state index contributed by atoms with van der Waals surface area (Å²) in [5, 5.41) is 2.47. The predicted octanol–water partition coefficient (Wildman–Crippen LogP) is 2.61. The number of nitrogens with one attached hydrogen (secondary N) is 1. The molecule has 0 heterocycles. The third-order valence-corrected chi connectivity index (χ3v) is 6.13. The molecule has 0 unspecified atom stereocenters. The first kappa shape index (κ1) is 42.3. The van der Waals surface area contributed by atoms with Crippen LogP contribution in [0, 0.1) is 6.92 Å². The SMILES string of the molecule is [B]C(=O)OCc1cc(C)cc(COC([B])=O)c1NC=O.[B]C(=O)OCc1cc(COC)cc(COC([B])=O)c1OC(=O)N(C)CCN(C)C. The molecule has 0 aliphatic rings. The Kier molecular flexibility index (Phi) is 19.0. The molecule has 1 N–H and O–H groups in total. The molecular weight excluding hydrogens is 638 g/mol. The quantitative estimate of drug-likeness (QED) is 0.157. The first-order valence-corrected chi connectivity index (χ1v) is 14.3. The maximum absolute atomic E-state index is 12.5. The number of likely N-dealkylation sites (N-methyl/N-ethyl adjacent to an activating group) is 2. The zero-order valence-corrected chi connectivity index (χ0v) is 27.9. The Morgan fingerprint density at radius 3 is 1.49 bits per heavy atom. The fraction of sp³-hybridized carbons (Fsp3) is 0.400. The van der Waals surface area contributed by atoms with E-state index in [-0.39, 0.29) is 38.8 Å². The number of methoxy groups -OCH3 is 1. The zero-order chi connectivity index (χ0) is 37.1. The molecule has 15 nitrogen and oxygen atoms in total. The Morgan fingerprint density at radius 2 is 1.12 bits per heavy atom. The van der Waals surface area contributed by atoms with Gasteiger partial charge in [0.05, 0.1) is 12.3 Å². The Morgan fingerprint density at radius 1 is 0.694 bits per heavy atom. The predicted molar refractivity (Wildman–Crippen MR) is 179 cm³/mol. The van der Waals surface area contributed by atoms with Crippen LogP contribution in [0.4, 0.5) is 29.7 Å². The lowest BCUT2D eigenvalue weighted by molar-refractivity contribution is -0.105. The van der Waals surface area contributed by atoms with Gasteiger partial charge in [-0.3, -0.25) is 24.0 Å². The van der Waals surface area contributed by atoms with Crippen LogP contribution in [-0.4, -0.2) is 119 Å². The van der Waals surface area contributed by atoms with Gasteiger partial charge in [0, 0.05) is 49.5 Å². The molecule has 254 valence electrons. The molecule has 8 radical (unpaired) electrons. The Labute approximate surface area is 289 Å². The second kappa shape index (κ2) is 22.0. The van der Waals surface area contributed by atoms with Crippen LogP contribution in [0.1, 0.15) is 33.4 Å². The van der Waals surface area contributed by atoms with E-state index < -0.39 is 29.6 Å². The number of ether oxygens (including phenoxy) is 6. The van der Waals surface area contributed by atoms with Crippen LogP contribution in [0.3, 0.4) is 0 Å². The van der Waals surface area contributed by atoms with Crippen LogP contribution in [0.25, 0.3) is 0 Å². The Hall–Kier alpha value is -4.76. The average molecular weight is 673 g/mol. The minimum absolute atomic E-state index is 0.0917. The highest BCUT2D eigenvalue weighted by atomic mass is 16.6. The summed E-state index contributed by atoms with van der Waals surface area (Å²) in [6.45, 7) is 2.35. The topological polar surface area (TPSA) is 176 Å². The summed E-state index contributed by atoms with van der Waals surface area (Å²) in [4.78, 5) is 69.9. The third kappa shape index (κ3) is 16.8. The molecule has 2 aromatic rings. The van der Waals surface area contributed by atoms with Crippen molar-refractivity contribution in [3.63, 3.8) is 0 Å². The summed E-state index contributed by atoms with van der Waals surface area (Å²) in [6, 6.07) is 6.70. The molecule has 0 saturated heterocycles. The van der Waals surface area contributed by atoms with Crippen LogP contribution < -0.4 is 10.1 Å². The first-order valence-electron chi connectivity index (χ1n) is 14.3. The van der Waals surface area contributed by atoms with Crippen molar-refractivity contribution in [2.24, 2.45) is 0 Å². The van der Waals surface area contributed by atoms with Crippen molar-refractivity contribution in [3.8, 4) is 5.75 Å². The van der Waals surface area contributed by atoms with Gasteiger partial charge in [-0.25, -0.2) is 4.79 Å². The summed E-state index contributed by atoms with van der Waals surface area (Å²) < 4.78 is 29.8. The number of nitrogens with zero attached hydrogens (tertiary/aromatic N) is 2. The Bertz CT molecular complexity index is 1400. The van der Waals surface area contributed by atoms with Gasteiger partial charge in [-0.05, 0) is 38.7 Å². The van der Waals surface area contributed by atoms with E-state index in [1.165, 1.54) is 12.0 Å². The van der Waals surface area contributed by atoms with Crippen molar-refractivity contribution in [1.82, 2.24) is 9.80 Å². The van der Waals surface area contributed by atoms with Gasteiger partial charge < -0.3 is 43.5 Å². The molecule has 19 heteroatoms. The maximum atomic E-state index is 12.5. The van der Waals surface area contributed by atoms with Crippen LogP contribution in [0.5, 0.6) is 5.75 Å². The Balaban J connectivity index is 0.000000524. The highest BCUT2D eigenvalue weighted by Gasteiger charge is 2.20. The van der Waals surface area contributed by atoms with E-state index in [1.807, 2.05) is 19.0 Å². The van der Waals surface area contributed by atoms with Crippen molar-refractivity contribution in [2.45, 2.75) is 40.0 Å². The molecule has 0 aliphatic carbocycles. The lowest BCUT2D eigenvalue weighted by Gasteiger charge is -2.22. The van der Waals surface area contributed by atoms with Crippen LogP contribution in [0.2, 0.25) is 0 Å². The number of benzene rings is 2. The number of carbonyl (C=O) groups is 6. The molecule has 0 fully saturated rings. The van der Waals surface area contributed by atoms with Gasteiger partial charge in [0.1, 0.15) is 32.2 Å². The molecule has 0 aliphatic heterocycles. The zero-order valence-electron chi connectivity index (χ0n) is 27.9. The van der Waals surface area contributed by atoms with Crippen LogP contribution >= 0.6 is 0 Å². The normalized spacial score (nSPS) is 10.2. The summed E-state index contributed by atoms with van der Waals surface area (Å²) in [5.74, 6) is -3.75. The van der Waals surface area contributed by atoms with Crippen LogP contribution in [-0.2, 0) is 61.5 Å². The largest absolute Gasteiger partial charge is 0.470 e. The summed E-state index contributed by atoms with van der Waals surface area (Å²) in [6.07, 6.45) is -0.168. The van der Waals surface area contributed by atoms with E-state index in [1.54, 1.807) is 38.2 Å². The lowest BCUT2D eigenvalue weighted by Crippen LogP contribution is -2.35. The summed E-state index contributed by atoms with van der Waals surface area (Å²) in [7, 11) is 26.8. The molecule has 2 aromatic carbocycles. The average Bonchev–Trinajstić information content (AvgIpc) is 3.01. The molecule has 0 aromatic heterocycles. The minimum atomic E-state index is -0.988. The molecule has 2 amide bonds. The van der Waals surface area contributed by atoms with Gasteiger partial charge in [-0.15, -0.1) is 0 Å². The standard InChI is InChI=1S/C18H24B2N2O7.C12H11B2NO5/c1-21(2)5-6-22(3)18(25)29-15-13(10-27-16(19)23)7-12(9-26-4)8-14(15)11-28-17(20)24;1-7-2-8(4-19-11(13)17)10(15-6-16)9(3-7)5-20-12(14)18/h7-8H,5-6,9-11H2,1-4H3;2-3,6H,4-5H2,1H3,(H,15,16). The van der Waals surface area contributed by atoms with Crippen molar-refractivity contribution >= 4 is 73.1 Å². The van der Waals surface area contributed by atoms with Gasteiger partial charge in [0.25, 0.3) is 0 Å². The molecule has 0 atom stereocenters. The fourth-order valence-corrected chi connectivity index (χ4v) is 4.04. The summed E-state index contributed by atoms with van der Waals surface area (Å²) >= 11 is 0. The van der Waals surface area contributed by atoms with Crippen molar-refractivity contribution in [3.05, 3.63) is 57.6 Å². The fourth-order valence-electron chi connectivity index (χ4n) is 4.04. The molecule has 0 saturated carbocycles. The van der Waals surface area contributed by atoms with E-state index in [9.17, 15) is 28.8 Å².